The first-order valence-electron chi connectivity index (χ1n) is 9.85. The maximum atomic E-state index is 11.2. The molecule has 0 N–H and O–H groups in total. The molecule has 0 aliphatic rings. The molecule has 0 fully saturated rings. The van der Waals surface area contributed by atoms with Gasteiger partial charge in [0.2, 0.25) is 0 Å². The molecule has 1 unspecified atom stereocenters. The molecule has 7 heteroatoms. The Balaban J connectivity index is 1.68. The summed E-state index contributed by atoms with van der Waals surface area (Å²) in [4.78, 5) is 11.2. The number of esters is 1. The topological polar surface area (TPSA) is 72.5 Å². The van der Waals surface area contributed by atoms with Gasteiger partial charge in [0.15, 0.2) is 6.29 Å². The molecular formula is C23H30O7. The van der Waals surface area contributed by atoms with Crippen molar-refractivity contribution in [2.75, 3.05) is 46.8 Å². The average molecular weight is 418 g/mol. The Bertz CT molecular complexity index is 818. The molecule has 0 radical (unpaired) electrons. The Morgan fingerprint density at radius 1 is 0.900 bits per heavy atom. The zero-order valence-corrected chi connectivity index (χ0v) is 17.8. The number of ether oxygens (including phenoxy) is 6. The van der Waals surface area contributed by atoms with Crippen molar-refractivity contribution in [3.8, 4) is 11.5 Å². The standard InChI is InChI=1S/C23H30O7/c1-17(2)23(24)29-16-14-27-12-11-26-13-15-28-21-9-5-8-20-19(21)7-6-10-22(20)30-18(3)25-4/h5-10,18H,1,11-16H2,2-4H3. The Kier molecular flexibility index (Phi) is 10.1. The average Bonchev–Trinajstić information content (AvgIpc) is 2.75. The van der Waals surface area contributed by atoms with Crippen LogP contribution in [-0.2, 0) is 23.7 Å². The summed E-state index contributed by atoms with van der Waals surface area (Å²) < 4.78 is 32.7. The van der Waals surface area contributed by atoms with E-state index in [2.05, 4.69) is 6.58 Å². The number of fused-ring (bicyclic) bond motifs is 1. The van der Waals surface area contributed by atoms with Gasteiger partial charge in [-0.1, -0.05) is 30.8 Å². The maximum absolute atomic E-state index is 11.2. The quantitative estimate of drug-likeness (QED) is 0.200. The summed E-state index contributed by atoms with van der Waals surface area (Å²) in [6, 6.07) is 11.7. The van der Waals surface area contributed by atoms with E-state index in [0.29, 0.717) is 38.6 Å². The van der Waals surface area contributed by atoms with Crippen LogP contribution in [0.15, 0.2) is 48.6 Å². The Morgan fingerprint density at radius 2 is 1.47 bits per heavy atom. The van der Waals surface area contributed by atoms with Crippen molar-refractivity contribution in [2.45, 2.75) is 20.1 Å². The summed E-state index contributed by atoms with van der Waals surface area (Å²) in [5.74, 6) is 1.10. The molecule has 0 heterocycles. The number of carbonyl (C=O) groups is 1. The van der Waals surface area contributed by atoms with Crippen LogP contribution in [0.25, 0.3) is 10.8 Å². The zero-order valence-electron chi connectivity index (χ0n) is 17.8. The van der Waals surface area contributed by atoms with E-state index in [4.69, 9.17) is 28.4 Å². The number of rotatable bonds is 14. The summed E-state index contributed by atoms with van der Waals surface area (Å²) in [5, 5.41) is 1.92. The van der Waals surface area contributed by atoms with E-state index in [9.17, 15) is 4.79 Å². The first-order valence-corrected chi connectivity index (χ1v) is 9.85. The lowest BCUT2D eigenvalue weighted by Gasteiger charge is -2.16. The highest BCUT2D eigenvalue weighted by Gasteiger charge is 2.09. The highest BCUT2D eigenvalue weighted by Crippen LogP contribution is 2.32. The molecule has 0 aliphatic heterocycles. The van der Waals surface area contributed by atoms with Gasteiger partial charge in [-0.05, 0) is 26.0 Å². The highest BCUT2D eigenvalue weighted by atomic mass is 16.7. The van der Waals surface area contributed by atoms with Crippen molar-refractivity contribution in [3.63, 3.8) is 0 Å². The summed E-state index contributed by atoms with van der Waals surface area (Å²) in [6.45, 7) is 9.16. The minimum Gasteiger partial charge on any atom is -0.491 e. The summed E-state index contributed by atoms with van der Waals surface area (Å²) >= 11 is 0. The molecule has 0 saturated heterocycles. The smallest absolute Gasteiger partial charge is 0.333 e. The molecule has 30 heavy (non-hydrogen) atoms. The third kappa shape index (κ3) is 7.67. The van der Waals surface area contributed by atoms with E-state index in [1.54, 1.807) is 14.0 Å². The number of benzene rings is 2. The van der Waals surface area contributed by atoms with E-state index in [0.717, 1.165) is 22.3 Å². The van der Waals surface area contributed by atoms with Gasteiger partial charge in [-0.3, -0.25) is 0 Å². The molecule has 0 aliphatic carbocycles. The van der Waals surface area contributed by atoms with Crippen LogP contribution in [-0.4, -0.2) is 59.0 Å². The molecule has 1 atom stereocenters. The molecule has 2 rings (SSSR count). The summed E-state index contributed by atoms with van der Waals surface area (Å²) in [5.41, 5.74) is 0.373. The van der Waals surface area contributed by atoms with Gasteiger partial charge in [0.1, 0.15) is 24.7 Å². The third-order valence-electron chi connectivity index (χ3n) is 4.13. The summed E-state index contributed by atoms with van der Waals surface area (Å²) in [6.07, 6.45) is -0.339. The lowest BCUT2D eigenvalue weighted by Crippen LogP contribution is -2.14. The van der Waals surface area contributed by atoms with Crippen molar-refractivity contribution in [1.82, 2.24) is 0 Å². The summed E-state index contributed by atoms with van der Waals surface area (Å²) in [7, 11) is 1.61. The van der Waals surface area contributed by atoms with E-state index < -0.39 is 5.97 Å². The van der Waals surface area contributed by atoms with Gasteiger partial charge >= 0.3 is 5.97 Å². The van der Waals surface area contributed by atoms with Crippen LogP contribution in [0.3, 0.4) is 0 Å². The van der Waals surface area contributed by atoms with Gasteiger partial charge < -0.3 is 28.4 Å². The maximum Gasteiger partial charge on any atom is 0.333 e. The van der Waals surface area contributed by atoms with Gasteiger partial charge in [-0.25, -0.2) is 4.79 Å². The molecule has 2 aromatic carbocycles. The number of carbonyl (C=O) groups excluding carboxylic acids is 1. The number of hydrogen-bond donors (Lipinski definition) is 0. The molecule has 2 aromatic rings. The van der Waals surface area contributed by atoms with Crippen LogP contribution < -0.4 is 9.47 Å². The molecule has 0 amide bonds. The van der Waals surface area contributed by atoms with Gasteiger partial charge in [0, 0.05) is 23.5 Å². The van der Waals surface area contributed by atoms with Crippen LogP contribution in [0.5, 0.6) is 11.5 Å². The predicted molar refractivity (Wildman–Crippen MR) is 114 cm³/mol. The van der Waals surface area contributed by atoms with Crippen LogP contribution >= 0.6 is 0 Å². The van der Waals surface area contributed by atoms with Crippen LogP contribution in [0.1, 0.15) is 13.8 Å². The highest BCUT2D eigenvalue weighted by molar-refractivity contribution is 5.93. The second-order valence-electron chi connectivity index (χ2n) is 6.52. The van der Waals surface area contributed by atoms with E-state index in [-0.39, 0.29) is 12.9 Å². The number of methoxy groups -OCH3 is 1. The first kappa shape index (κ1) is 23.7. The van der Waals surface area contributed by atoms with Crippen molar-refractivity contribution in [3.05, 3.63) is 48.6 Å². The molecule has 0 spiro atoms. The lowest BCUT2D eigenvalue weighted by molar-refractivity contribution is -0.140. The molecular weight excluding hydrogens is 388 g/mol. The van der Waals surface area contributed by atoms with E-state index >= 15 is 0 Å². The SMILES string of the molecule is C=C(C)C(=O)OCCOCCOCCOc1cccc2c(OC(C)OC)cccc12. The van der Waals surface area contributed by atoms with Crippen molar-refractivity contribution >= 4 is 16.7 Å². The van der Waals surface area contributed by atoms with E-state index in [1.165, 1.54) is 0 Å². The Hall–Kier alpha value is -2.61. The van der Waals surface area contributed by atoms with Crippen LogP contribution in [0, 0.1) is 0 Å². The fourth-order valence-electron chi connectivity index (χ4n) is 2.56. The van der Waals surface area contributed by atoms with E-state index in [1.807, 2.05) is 43.3 Å². The number of hydrogen-bond acceptors (Lipinski definition) is 7. The second-order valence-corrected chi connectivity index (χ2v) is 6.52. The first-order chi connectivity index (χ1) is 14.5. The molecule has 0 aromatic heterocycles. The van der Waals surface area contributed by atoms with Crippen LogP contribution in [0.2, 0.25) is 0 Å². The minimum atomic E-state index is -0.410. The van der Waals surface area contributed by atoms with Gasteiger partial charge in [-0.2, -0.15) is 0 Å². The van der Waals surface area contributed by atoms with Gasteiger partial charge in [0.25, 0.3) is 0 Å². The molecule has 7 nitrogen and oxygen atoms in total. The van der Waals surface area contributed by atoms with Gasteiger partial charge in [0.05, 0.1) is 26.4 Å². The largest absolute Gasteiger partial charge is 0.491 e. The zero-order chi connectivity index (χ0) is 21.8. The van der Waals surface area contributed by atoms with Crippen molar-refractivity contribution in [2.24, 2.45) is 0 Å². The van der Waals surface area contributed by atoms with Crippen LogP contribution in [0.4, 0.5) is 0 Å². The normalized spacial score (nSPS) is 11.8. The lowest BCUT2D eigenvalue weighted by atomic mass is 10.1. The van der Waals surface area contributed by atoms with Crippen molar-refractivity contribution in [1.29, 1.82) is 0 Å². The monoisotopic (exact) mass is 418 g/mol. The Labute approximate surface area is 177 Å². The molecule has 0 saturated carbocycles. The van der Waals surface area contributed by atoms with Crippen molar-refractivity contribution < 1.29 is 33.2 Å². The van der Waals surface area contributed by atoms with Gasteiger partial charge in [-0.15, -0.1) is 0 Å². The Morgan fingerprint density at radius 3 is 2.10 bits per heavy atom. The fraction of sp³-hybridized carbons (Fsp3) is 0.435. The minimum absolute atomic E-state index is 0.199. The third-order valence-corrected chi connectivity index (χ3v) is 4.13. The molecule has 164 valence electrons. The molecule has 0 bridgehead atoms. The predicted octanol–water partition coefficient (Wildman–Crippen LogP) is 3.74. The fourth-order valence-corrected chi connectivity index (χ4v) is 2.56. The second kappa shape index (κ2) is 12.8.